The first kappa shape index (κ1) is 18.1. The van der Waals surface area contributed by atoms with E-state index in [2.05, 4.69) is 31.6 Å². The molecule has 8 heteroatoms. The van der Waals surface area contributed by atoms with E-state index in [1.807, 2.05) is 31.2 Å². The number of aliphatic carboxylic acids is 1. The van der Waals surface area contributed by atoms with Gasteiger partial charge in [-0.1, -0.05) is 47.5 Å². The minimum absolute atomic E-state index is 0.115. The number of carbonyl (C=O) groups is 2. The zero-order valence-corrected chi connectivity index (χ0v) is 15.2. The summed E-state index contributed by atoms with van der Waals surface area (Å²) in [5.41, 5.74) is 1.41. The minimum Gasteiger partial charge on any atom is -0.480 e. The van der Waals surface area contributed by atoms with E-state index in [9.17, 15) is 14.7 Å². The van der Waals surface area contributed by atoms with Crippen LogP contribution in [0.3, 0.4) is 0 Å². The summed E-state index contributed by atoms with van der Waals surface area (Å²) in [6.45, 7) is 5.38. The molecule has 0 aliphatic carbocycles. The maximum Gasteiger partial charge on any atom is 0.326 e. The van der Waals surface area contributed by atoms with Crippen LogP contribution in [-0.2, 0) is 4.79 Å². The normalized spacial score (nSPS) is 13.3. The van der Waals surface area contributed by atoms with Crippen molar-refractivity contribution < 1.29 is 14.7 Å². The van der Waals surface area contributed by atoms with Gasteiger partial charge >= 0.3 is 5.97 Å². The molecule has 0 radical (unpaired) electrons. The number of benzene rings is 1. The lowest BCUT2D eigenvalue weighted by molar-refractivity contribution is -0.140. The first-order valence-electron chi connectivity index (χ1n) is 7.57. The van der Waals surface area contributed by atoms with Gasteiger partial charge < -0.3 is 10.4 Å². The van der Waals surface area contributed by atoms with Crippen LogP contribution in [0.4, 0.5) is 0 Å². The van der Waals surface area contributed by atoms with E-state index in [4.69, 9.17) is 0 Å². The van der Waals surface area contributed by atoms with Gasteiger partial charge in [-0.25, -0.2) is 9.48 Å². The second-order valence-electron chi connectivity index (χ2n) is 5.59. The fourth-order valence-corrected chi connectivity index (χ4v) is 2.67. The Bertz CT molecular complexity index is 760. The second-order valence-corrected chi connectivity index (χ2v) is 6.51. The van der Waals surface area contributed by atoms with Crippen LogP contribution < -0.4 is 5.32 Å². The molecule has 2 rings (SSSR count). The van der Waals surface area contributed by atoms with Gasteiger partial charge in [-0.05, 0) is 31.0 Å². The topological polar surface area (TPSA) is 97.1 Å². The van der Waals surface area contributed by atoms with E-state index in [1.54, 1.807) is 18.5 Å². The molecule has 7 nitrogen and oxygen atoms in total. The van der Waals surface area contributed by atoms with Gasteiger partial charge in [-0.15, -0.1) is 5.10 Å². The molecule has 0 saturated heterocycles. The highest BCUT2D eigenvalue weighted by Crippen LogP contribution is 2.17. The van der Waals surface area contributed by atoms with Gasteiger partial charge in [0, 0.05) is 4.47 Å². The summed E-state index contributed by atoms with van der Waals surface area (Å²) in [7, 11) is 0. The summed E-state index contributed by atoms with van der Waals surface area (Å²) in [4.78, 5) is 23.8. The number of halogens is 1. The van der Waals surface area contributed by atoms with E-state index in [-0.39, 0.29) is 11.6 Å². The molecule has 0 unspecified atom stereocenters. The van der Waals surface area contributed by atoms with E-state index < -0.39 is 17.9 Å². The Hall–Kier alpha value is -2.22. The largest absolute Gasteiger partial charge is 0.480 e. The van der Waals surface area contributed by atoms with Crippen molar-refractivity contribution >= 4 is 27.8 Å². The summed E-state index contributed by atoms with van der Waals surface area (Å²) in [6.07, 6.45) is 0.640. The highest BCUT2D eigenvalue weighted by molar-refractivity contribution is 9.10. The van der Waals surface area contributed by atoms with Crippen LogP contribution in [0.25, 0.3) is 5.69 Å². The van der Waals surface area contributed by atoms with Gasteiger partial charge in [0.15, 0.2) is 5.69 Å². The van der Waals surface area contributed by atoms with E-state index >= 15 is 0 Å². The molecule has 24 heavy (non-hydrogen) atoms. The molecule has 1 amide bonds. The maximum atomic E-state index is 12.4. The number of hydrogen-bond acceptors (Lipinski definition) is 4. The molecule has 2 atom stereocenters. The molecule has 1 heterocycles. The fourth-order valence-electron chi connectivity index (χ4n) is 2.28. The maximum absolute atomic E-state index is 12.4. The van der Waals surface area contributed by atoms with Crippen LogP contribution in [0.15, 0.2) is 28.7 Å². The zero-order valence-electron chi connectivity index (χ0n) is 13.7. The monoisotopic (exact) mass is 394 g/mol. The Kier molecular flexibility index (Phi) is 5.71. The first-order chi connectivity index (χ1) is 11.3. The van der Waals surface area contributed by atoms with Gasteiger partial charge in [0.05, 0.1) is 11.4 Å². The molecule has 1 aromatic carbocycles. The van der Waals surface area contributed by atoms with Crippen molar-refractivity contribution in [3.05, 3.63) is 40.1 Å². The average Bonchev–Trinajstić information content (AvgIpc) is 2.93. The Balaban J connectivity index is 2.27. The third-order valence-electron chi connectivity index (χ3n) is 3.93. The smallest absolute Gasteiger partial charge is 0.326 e. The highest BCUT2D eigenvalue weighted by Gasteiger charge is 2.28. The van der Waals surface area contributed by atoms with Crippen molar-refractivity contribution in [1.82, 2.24) is 20.3 Å². The van der Waals surface area contributed by atoms with Crippen molar-refractivity contribution in [3.63, 3.8) is 0 Å². The molecule has 128 valence electrons. The molecule has 0 bridgehead atoms. The van der Waals surface area contributed by atoms with E-state index in [0.29, 0.717) is 12.1 Å². The molecule has 0 aliphatic heterocycles. The van der Waals surface area contributed by atoms with Crippen LogP contribution in [0.5, 0.6) is 0 Å². The highest BCUT2D eigenvalue weighted by atomic mass is 79.9. The lowest BCUT2D eigenvalue weighted by Crippen LogP contribution is -2.45. The molecule has 1 aromatic heterocycles. The van der Waals surface area contributed by atoms with Crippen LogP contribution in [0.1, 0.15) is 36.5 Å². The lowest BCUT2D eigenvalue weighted by Gasteiger charge is -2.19. The van der Waals surface area contributed by atoms with Crippen molar-refractivity contribution in [2.45, 2.75) is 33.2 Å². The number of hydrogen-bond donors (Lipinski definition) is 2. The van der Waals surface area contributed by atoms with Crippen molar-refractivity contribution in [2.75, 3.05) is 0 Å². The van der Waals surface area contributed by atoms with Crippen LogP contribution in [-0.4, -0.2) is 38.0 Å². The Labute approximate surface area is 148 Å². The predicted molar refractivity (Wildman–Crippen MR) is 92.1 cm³/mol. The zero-order chi connectivity index (χ0) is 17.9. The number of carboxylic acid groups (broad SMARTS) is 1. The van der Waals surface area contributed by atoms with Gasteiger partial charge in [0.1, 0.15) is 6.04 Å². The third-order valence-corrected chi connectivity index (χ3v) is 4.42. The Morgan fingerprint density at radius 3 is 2.71 bits per heavy atom. The molecule has 0 fully saturated rings. The number of rotatable bonds is 6. The van der Waals surface area contributed by atoms with Gasteiger partial charge in [-0.3, -0.25) is 4.79 Å². The number of aromatic nitrogens is 3. The third kappa shape index (κ3) is 3.81. The predicted octanol–water partition coefficient (Wildman–Crippen LogP) is 2.57. The Morgan fingerprint density at radius 1 is 1.42 bits per heavy atom. The van der Waals surface area contributed by atoms with E-state index in [0.717, 1.165) is 10.2 Å². The number of carbonyl (C=O) groups excluding carboxylic acids is 1. The quantitative estimate of drug-likeness (QED) is 0.784. The van der Waals surface area contributed by atoms with Crippen LogP contribution in [0, 0.1) is 12.8 Å². The summed E-state index contributed by atoms with van der Waals surface area (Å²) in [6, 6.07) is 6.46. The molecular weight excluding hydrogens is 376 g/mol. The summed E-state index contributed by atoms with van der Waals surface area (Å²) < 4.78 is 2.42. The van der Waals surface area contributed by atoms with Crippen LogP contribution in [0.2, 0.25) is 0 Å². The number of amides is 1. The van der Waals surface area contributed by atoms with Gasteiger partial charge in [0.25, 0.3) is 5.91 Å². The van der Waals surface area contributed by atoms with E-state index in [1.165, 1.54) is 0 Å². The summed E-state index contributed by atoms with van der Waals surface area (Å²) in [5, 5.41) is 19.7. The standard InChI is InChI=1S/C16H19BrN4O3/c1-4-9(2)13(16(23)24)18-15(22)14-10(3)21(20-19-14)12-7-5-6-11(17)8-12/h5-9,13H,4H2,1-3H3,(H,18,22)(H,23,24)/t9-,13-/m0/s1. The molecular formula is C16H19BrN4O3. The first-order valence-corrected chi connectivity index (χ1v) is 8.36. The average molecular weight is 395 g/mol. The molecule has 0 aliphatic rings. The lowest BCUT2D eigenvalue weighted by atomic mass is 9.99. The van der Waals surface area contributed by atoms with Gasteiger partial charge in [-0.2, -0.15) is 0 Å². The van der Waals surface area contributed by atoms with Crippen molar-refractivity contribution in [1.29, 1.82) is 0 Å². The molecule has 0 spiro atoms. The molecule has 2 N–H and O–H groups in total. The molecule has 0 saturated carbocycles. The van der Waals surface area contributed by atoms with Crippen LogP contribution >= 0.6 is 15.9 Å². The minimum atomic E-state index is -1.06. The number of nitrogens with zero attached hydrogens (tertiary/aromatic N) is 3. The summed E-state index contributed by atoms with van der Waals surface area (Å²) >= 11 is 3.39. The van der Waals surface area contributed by atoms with Crippen molar-refractivity contribution in [2.24, 2.45) is 5.92 Å². The molecule has 2 aromatic rings. The fraction of sp³-hybridized carbons (Fsp3) is 0.375. The Morgan fingerprint density at radius 2 is 2.12 bits per heavy atom. The second kappa shape index (κ2) is 7.57. The van der Waals surface area contributed by atoms with Crippen molar-refractivity contribution in [3.8, 4) is 5.69 Å². The number of carboxylic acids is 1. The van der Waals surface area contributed by atoms with Gasteiger partial charge in [0.2, 0.25) is 0 Å². The summed E-state index contributed by atoms with van der Waals surface area (Å²) in [5.74, 6) is -1.79. The SMILES string of the molecule is CC[C@H](C)[C@H](NC(=O)c1nnn(-c2cccc(Br)c2)c1C)C(=O)O. The number of nitrogens with one attached hydrogen (secondary N) is 1.